The minimum Gasteiger partial charge on any atom is -0.334 e. The third-order valence-corrected chi connectivity index (χ3v) is 5.84. The molecule has 1 aliphatic heterocycles. The molecule has 4 heteroatoms. The van der Waals surface area contributed by atoms with Gasteiger partial charge in [0.1, 0.15) is 6.33 Å². The first-order chi connectivity index (χ1) is 10.3. The lowest BCUT2D eigenvalue weighted by molar-refractivity contribution is -0.133. The number of fused-ring (bicyclic) bond motifs is 2. The first-order valence-electron chi connectivity index (χ1n) is 8.36. The summed E-state index contributed by atoms with van der Waals surface area (Å²) in [6.45, 7) is 0.897. The fourth-order valence-corrected chi connectivity index (χ4v) is 4.84. The van der Waals surface area contributed by atoms with Crippen LogP contribution in [0.3, 0.4) is 0 Å². The van der Waals surface area contributed by atoms with E-state index in [1.165, 1.54) is 25.7 Å². The zero-order valence-corrected chi connectivity index (χ0v) is 12.4. The number of hydrogen-bond donors (Lipinski definition) is 0. The zero-order chi connectivity index (χ0) is 14.2. The summed E-state index contributed by atoms with van der Waals surface area (Å²) < 4.78 is 0. The van der Waals surface area contributed by atoms with E-state index in [-0.39, 0.29) is 6.04 Å². The van der Waals surface area contributed by atoms with E-state index >= 15 is 0 Å². The molecular weight excluding hydrogens is 262 g/mol. The molecule has 2 aliphatic carbocycles. The molecule has 1 aromatic rings. The van der Waals surface area contributed by atoms with Gasteiger partial charge in [-0.05, 0) is 55.9 Å². The lowest BCUT2D eigenvalue weighted by atomic mass is 9.86. The van der Waals surface area contributed by atoms with Crippen LogP contribution in [0.1, 0.15) is 56.7 Å². The molecule has 0 spiro atoms. The van der Waals surface area contributed by atoms with Crippen molar-refractivity contribution in [3.8, 4) is 0 Å². The summed E-state index contributed by atoms with van der Waals surface area (Å²) in [5.74, 6) is 2.76. The smallest absolute Gasteiger partial charge is 0.223 e. The first-order valence-corrected chi connectivity index (χ1v) is 8.36. The maximum absolute atomic E-state index is 12.7. The molecule has 1 aromatic heterocycles. The lowest BCUT2D eigenvalue weighted by Crippen LogP contribution is -2.33. The van der Waals surface area contributed by atoms with Gasteiger partial charge < -0.3 is 4.90 Å². The molecule has 4 atom stereocenters. The standard InChI is InChI=1S/C17H23N3O/c21-17(10-14-9-12-3-4-13(14)8-12)20-7-1-2-16(20)15-5-6-18-11-19-15/h5-6,11-14,16H,1-4,7-10H2. The minimum absolute atomic E-state index is 0.180. The normalized spacial score (nSPS) is 34.6. The number of rotatable bonds is 3. The average molecular weight is 285 g/mol. The third-order valence-electron chi connectivity index (χ3n) is 5.84. The van der Waals surface area contributed by atoms with Crippen molar-refractivity contribution >= 4 is 5.91 Å². The number of carbonyl (C=O) groups is 1. The quantitative estimate of drug-likeness (QED) is 0.857. The fraction of sp³-hybridized carbons (Fsp3) is 0.706. The summed E-state index contributed by atoms with van der Waals surface area (Å²) in [5.41, 5.74) is 1.00. The van der Waals surface area contributed by atoms with Gasteiger partial charge in [0, 0.05) is 19.2 Å². The molecule has 3 aliphatic rings. The van der Waals surface area contributed by atoms with E-state index in [0.29, 0.717) is 11.8 Å². The van der Waals surface area contributed by atoms with Crippen LogP contribution in [0.25, 0.3) is 0 Å². The summed E-state index contributed by atoms with van der Waals surface area (Å²) in [5, 5.41) is 0. The highest BCUT2D eigenvalue weighted by atomic mass is 16.2. The minimum atomic E-state index is 0.180. The van der Waals surface area contributed by atoms with Gasteiger partial charge in [0.05, 0.1) is 11.7 Å². The van der Waals surface area contributed by atoms with E-state index in [1.54, 1.807) is 12.5 Å². The Kier molecular flexibility index (Phi) is 3.40. The van der Waals surface area contributed by atoms with Crippen LogP contribution in [-0.2, 0) is 4.79 Å². The molecule has 0 N–H and O–H groups in total. The second-order valence-electron chi connectivity index (χ2n) is 7.02. The Labute approximate surface area is 126 Å². The van der Waals surface area contributed by atoms with Crippen LogP contribution in [0.2, 0.25) is 0 Å². The molecule has 21 heavy (non-hydrogen) atoms. The van der Waals surface area contributed by atoms with Gasteiger partial charge >= 0.3 is 0 Å². The van der Waals surface area contributed by atoms with Crippen molar-refractivity contribution in [2.45, 2.75) is 51.0 Å². The van der Waals surface area contributed by atoms with E-state index in [4.69, 9.17) is 0 Å². The topological polar surface area (TPSA) is 46.1 Å². The maximum atomic E-state index is 12.7. The van der Waals surface area contributed by atoms with E-state index in [1.807, 2.05) is 6.07 Å². The number of amides is 1. The average Bonchev–Trinajstić information content (AvgIpc) is 3.24. The first kappa shape index (κ1) is 13.2. The predicted octanol–water partition coefficient (Wildman–Crippen LogP) is 2.97. The number of aromatic nitrogens is 2. The number of hydrogen-bond acceptors (Lipinski definition) is 3. The summed E-state index contributed by atoms with van der Waals surface area (Å²) in [6, 6.07) is 2.13. The SMILES string of the molecule is O=C(CC1CC2CCC1C2)N1CCCC1c1ccncn1. The number of likely N-dealkylation sites (tertiary alicyclic amines) is 1. The second-order valence-corrected chi connectivity index (χ2v) is 7.02. The second kappa shape index (κ2) is 5.39. The number of carbonyl (C=O) groups excluding carboxylic acids is 1. The Bertz CT molecular complexity index is 518. The van der Waals surface area contributed by atoms with E-state index in [9.17, 15) is 4.79 Å². The van der Waals surface area contributed by atoms with Gasteiger partial charge in [-0.1, -0.05) is 6.42 Å². The predicted molar refractivity (Wildman–Crippen MR) is 79.3 cm³/mol. The molecule has 0 aromatic carbocycles. The van der Waals surface area contributed by atoms with E-state index < -0.39 is 0 Å². The van der Waals surface area contributed by atoms with Crippen molar-refractivity contribution in [3.63, 3.8) is 0 Å². The molecule has 4 rings (SSSR count). The Balaban J connectivity index is 1.44. The third kappa shape index (κ3) is 2.45. The van der Waals surface area contributed by atoms with Crippen molar-refractivity contribution in [3.05, 3.63) is 24.3 Å². The van der Waals surface area contributed by atoms with Crippen LogP contribution in [0, 0.1) is 17.8 Å². The van der Waals surface area contributed by atoms with Gasteiger partial charge in [-0.25, -0.2) is 9.97 Å². The van der Waals surface area contributed by atoms with Crippen LogP contribution in [0.5, 0.6) is 0 Å². The van der Waals surface area contributed by atoms with Crippen molar-refractivity contribution in [2.75, 3.05) is 6.54 Å². The Morgan fingerprint density at radius 1 is 1.29 bits per heavy atom. The highest BCUT2D eigenvalue weighted by Gasteiger charge is 2.41. The van der Waals surface area contributed by atoms with Gasteiger partial charge in [-0.2, -0.15) is 0 Å². The van der Waals surface area contributed by atoms with Gasteiger partial charge in [-0.15, -0.1) is 0 Å². The van der Waals surface area contributed by atoms with E-state index in [2.05, 4.69) is 14.9 Å². The molecule has 2 heterocycles. The molecule has 0 radical (unpaired) electrons. The van der Waals surface area contributed by atoms with Crippen LogP contribution < -0.4 is 0 Å². The van der Waals surface area contributed by atoms with Gasteiger partial charge in [0.25, 0.3) is 0 Å². The number of nitrogens with zero attached hydrogens (tertiary/aromatic N) is 3. The molecule has 1 amide bonds. The van der Waals surface area contributed by atoms with Crippen molar-refractivity contribution in [2.24, 2.45) is 17.8 Å². The monoisotopic (exact) mass is 285 g/mol. The molecule has 3 fully saturated rings. The molecule has 1 saturated heterocycles. The summed E-state index contributed by atoms with van der Waals surface area (Å²) >= 11 is 0. The van der Waals surface area contributed by atoms with Gasteiger partial charge in [0.2, 0.25) is 5.91 Å². The highest BCUT2D eigenvalue weighted by Crippen LogP contribution is 2.50. The van der Waals surface area contributed by atoms with Crippen molar-refractivity contribution in [1.29, 1.82) is 0 Å². The van der Waals surface area contributed by atoms with Crippen LogP contribution in [-0.4, -0.2) is 27.3 Å². The maximum Gasteiger partial charge on any atom is 0.223 e. The zero-order valence-electron chi connectivity index (χ0n) is 12.4. The molecule has 2 saturated carbocycles. The molecule has 4 nitrogen and oxygen atoms in total. The molecule has 4 unspecified atom stereocenters. The summed E-state index contributed by atoms with van der Waals surface area (Å²) in [6.07, 6.45) is 11.7. The Morgan fingerprint density at radius 2 is 2.24 bits per heavy atom. The summed E-state index contributed by atoms with van der Waals surface area (Å²) in [4.78, 5) is 23.2. The Morgan fingerprint density at radius 3 is 2.95 bits per heavy atom. The summed E-state index contributed by atoms with van der Waals surface area (Å²) in [7, 11) is 0. The van der Waals surface area contributed by atoms with Crippen LogP contribution >= 0.6 is 0 Å². The van der Waals surface area contributed by atoms with Gasteiger partial charge in [-0.3, -0.25) is 4.79 Å². The van der Waals surface area contributed by atoms with Crippen LogP contribution in [0.4, 0.5) is 0 Å². The van der Waals surface area contributed by atoms with Crippen molar-refractivity contribution < 1.29 is 4.79 Å². The van der Waals surface area contributed by atoms with E-state index in [0.717, 1.165) is 43.3 Å². The molecule has 112 valence electrons. The highest BCUT2D eigenvalue weighted by molar-refractivity contribution is 5.77. The fourth-order valence-electron chi connectivity index (χ4n) is 4.84. The Hall–Kier alpha value is -1.45. The van der Waals surface area contributed by atoms with Crippen molar-refractivity contribution in [1.82, 2.24) is 14.9 Å². The van der Waals surface area contributed by atoms with Crippen LogP contribution in [0.15, 0.2) is 18.6 Å². The largest absolute Gasteiger partial charge is 0.334 e. The lowest BCUT2D eigenvalue weighted by Gasteiger charge is -2.28. The van der Waals surface area contributed by atoms with Gasteiger partial charge in [0.15, 0.2) is 0 Å². The molecular formula is C17H23N3O. The molecule has 2 bridgehead atoms.